The van der Waals surface area contributed by atoms with Gasteiger partial charge in [0.15, 0.2) is 0 Å². The highest BCUT2D eigenvalue weighted by Gasteiger charge is 2.50. The highest BCUT2D eigenvalue weighted by Crippen LogP contribution is 2.50. The molecule has 0 saturated carbocycles. The summed E-state index contributed by atoms with van der Waals surface area (Å²) in [6.07, 6.45) is 3.55. The average Bonchev–Trinajstić information content (AvgIpc) is 2.49. The van der Waals surface area contributed by atoms with E-state index in [1.54, 1.807) is 18.2 Å². The number of Topliss-reactive ketones (excluding diaryl/α,β-unsaturated/α-hetero) is 2. The summed E-state index contributed by atoms with van der Waals surface area (Å²) in [5.74, 6) is 0.685. The van der Waals surface area contributed by atoms with Gasteiger partial charge in [0.2, 0.25) is 5.78 Å². The van der Waals surface area contributed by atoms with Gasteiger partial charge in [-0.1, -0.05) is 41.5 Å². The van der Waals surface area contributed by atoms with Crippen LogP contribution in [0.2, 0.25) is 0 Å². The Morgan fingerprint density at radius 3 is 1.93 bits per heavy atom. The van der Waals surface area contributed by atoms with Gasteiger partial charge in [0.1, 0.15) is 28.4 Å². The third-order valence-corrected chi connectivity index (χ3v) is 5.59. The molecule has 2 aliphatic carbocycles. The van der Waals surface area contributed by atoms with Crippen LogP contribution in [0, 0.1) is 16.7 Å². The number of carbonyl (C=O) groups excluding carboxylic acids is 2. The molecule has 0 unspecified atom stereocenters. The number of aromatic hydroxyl groups is 1. The first kappa shape index (κ1) is 20.4. The maximum absolute atomic E-state index is 13.4. The molecular formula is C25H31O3+. The molecule has 1 aromatic rings. The second kappa shape index (κ2) is 5.85. The van der Waals surface area contributed by atoms with Crippen LogP contribution >= 0.6 is 0 Å². The highest BCUT2D eigenvalue weighted by molar-refractivity contribution is 6.37. The SMILES string of the molecule is CC(C)(C)C1=Cc2c(O)c(C(C)(C)C)cc3c2C(=C[C+](C(C)(C)C)C3=O)C1=O. The topological polar surface area (TPSA) is 54.4 Å². The zero-order valence-electron chi connectivity index (χ0n) is 18.5. The van der Waals surface area contributed by atoms with E-state index in [0.29, 0.717) is 33.8 Å². The maximum Gasteiger partial charge on any atom is 0.296 e. The Morgan fingerprint density at radius 2 is 1.46 bits per heavy atom. The second-order valence-electron chi connectivity index (χ2n) is 11.0. The van der Waals surface area contributed by atoms with Gasteiger partial charge in [-0.05, 0) is 37.7 Å². The van der Waals surface area contributed by atoms with E-state index in [1.165, 1.54) is 0 Å². The fraction of sp³-hybridized carbons (Fsp3) is 0.480. The molecule has 0 fully saturated rings. The van der Waals surface area contributed by atoms with Crippen LogP contribution in [0.5, 0.6) is 5.75 Å². The molecule has 0 spiro atoms. The summed E-state index contributed by atoms with van der Waals surface area (Å²) in [7, 11) is 0. The number of hydrogen-bond donors (Lipinski definition) is 1. The monoisotopic (exact) mass is 379 g/mol. The summed E-state index contributed by atoms with van der Waals surface area (Å²) in [6.45, 7) is 18.0. The van der Waals surface area contributed by atoms with Crippen molar-refractivity contribution < 1.29 is 14.7 Å². The van der Waals surface area contributed by atoms with Crippen molar-refractivity contribution in [2.75, 3.05) is 0 Å². The van der Waals surface area contributed by atoms with Gasteiger partial charge in [-0.3, -0.25) is 9.59 Å². The summed E-state index contributed by atoms with van der Waals surface area (Å²) < 4.78 is 0. The highest BCUT2D eigenvalue weighted by atomic mass is 16.3. The van der Waals surface area contributed by atoms with Crippen molar-refractivity contribution in [3.8, 4) is 5.75 Å². The third kappa shape index (κ3) is 3.01. The number of rotatable bonds is 0. The molecule has 0 aromatic heterocycles. The number of phenolic OH excluding ortho intramolecular Hbond substituents is 1. The van der Waals surface area contributed by atoms with Crippen LogP contribution in [0.25, 0.3) is 11.6 Å². The van der Waals surface area contributed by atoms with Gasteiger partial charge < -0.3 is 5.11 Å². The summed E-state index contributed by atoms with van der Waals surface area (Å²) in [5, 5.41) is 11.1. The summed E-state index contributed by atoms with van der Waals surface area (Å²) >= 11 is 0. The molecule has 0 amide bonds. The second-order valence-corrected chi connectivity index (χ2v) is 11.0. The number of carbonyl (C=O) groups is 2. The molecule has 3 rings (SSSR count). The van der Waals surface area contributed by atoms with Crippen LogP contribution in [-0.4, -0.2) is 16.7 Å². The zero-order valence-corrected chi connectivity index (χ0v) is 18.5. The molecule has 0 saturated heterocycles. The molecule has 3 nitrogen and oxygen atoms in total. The minimum Gasteiger partial charge on any atom is -0.507 e. The summed E-state index contributed by atoms with van der Waals surface area (Å²) in [6, 6.07) is 1.79. The number of benzene rings is 1. The first-order valence-electron chi connectivity index (χ1n) is 9.86. The predicted molar refractivity (Wildman–Crippen MR) is 114 cm³/mol. The van der Waals surface area contributed by atoms with Gasteiger partial charge in [-0.25, -0.2) is 0 Å². The molecule has 1 aromatic carbocycles. The molecule has 0 aliphatic heterocycles. The van der Waals surface area contributed by atoms with E-state index in [1.807, 2.05) is 62.3 Å². The molecular weight excluding hydrogens is 348 g/mol. The van der Waals surface area contributed by atoms with Crippen molar-refractivity contribution in [2.45, 2.75) is 67.7 Å². The first-order chi connectivity index (χ1) is 12.5. The Bertz CT molecular complexity index is 951. The lowest BCUT2D eigenvalue weighted by Gasteiger charge is -2.31. The van der Waals surface area contributed by atoms with Crippen LogP contribution in [0.15, 0.2) is 17.7 Å². The van der Waals surface area contributed by atoms with E-state index in [0.717, 1.165) is 5.56 Å². The molecule has 0 atom stereocenters. The van der Waals surface area contributed by atoms with Crippen LogP contribution in [0.1, 0.15) is 89.4 Å². The summed E-state index contributed by atoms with van der Waals surface area (Å²) in [5.41, 5.74) is 2.52. The normalized spacial score (nSPS) is 17.4. The van der Waals surface area contributed by atoms with Gasteiger partial charge in [-0.2, -0.15) is 0 Å². The van der Waals surface area contributed by atoms with Gasteiger partial charge in [-0.15, -0.1) is 0 Å². The van der Waals surface area contributed by atoms with E-state index in [2.05, 4.69) is 0 Å². The van der Waals surface area contributed by atoms with Crippen LogP contribution in [0.3, 0.4) is 0 Å². The molecule has 28 heavy (non-hydrogen) atoms. The van der Waals surface area contributed by atoms with Crippen molar-refractivity contribution in [1.29, 1.82) is 0 Å². The fourth-order valence-corrected chi connectivity index (χ4v) is 3.95. The quantitative estimate of drug-likeness (QED) is 0.571. The lowest BCUT2D eigenvalue weighted by Crippen LogP contribution is -2.33. The standard InChI is InChI=1S/C25H30O3/c1-23(2,3)16-10-13-19-14(20(16)26)11-17(24(4,5)6)22(28)15(19)12-18(21(13)27)25(7,8)9/h10-12H,1-9H3/p+1. The van der Waals surface area contributed by atoms with Crippen molar-refractivity contribution in [2.24, 2.45) is 10.8 Å². The van der Waals surface area contributed by atoms with E-state index in [-0.39, 0.29) is 33.6 Å². The minimum absolute atomic E-state index is 0.0570. The number of allylic oxidation sites excluding steroid dienone is 3. The Balaban J connectivity index is 2.47. The first-order valence-corrected chi connectivity index (χ1v) is 9.86. The number of hydrogen-bond acceptors (Lipinski definition) is 3. The van der Waals surface area contributed by atoms with Crippen molar-refractivity contribution in [1.82, 2.24) is 0 Å². The number of ketones is 2. The third-order valence-electron chi connectivity index (χ3n) is 5.59. The van der Waals surface area contributed by atoms with E-state index in [9.17, 15) is 14.7 Å². The van der Waals surface area contributed by atoms with E-state index < -0.39 is 0 Å². The van der Waals surface area contributed by atoms with Gasteiger partial charge in [0.05, 0.1) is 11.6 Å². The van der Waals surface area contributed by atoms with Crippen LogP contribution < -0.4 is 0 Å². The molecule has 3 heteroatoms. The largest absolute Gasteiger partial charge is 0.507 e. The van der Waals surface area contributed by atoms with Crippen LogP contribution in [0.4, 0.5) is 0 Å². The molecule has 0 radical (unpaired) electrons. The maximum atomic E-state index is 13.4. The van der Waals surface area contributed by atoms with Gasteiger partial charge >= 0.3 is 0 Å². The summed E-state index contributed by atoms with van der Waals surface area (Å²) in [4.78, 5) is 26.8. The lowest BCUT2D eigenvalue weighted by atomic mass is 9.65. The van der Waals surface area contributed by atoms with E-state index >= 15 is 0 Å². The van der Waals surface area contributed by atoms with Crippen molar-refractivity contribution >= 4 is 23.2 Å². The molecule has 1 N–H and O–H groups in total. The Labute approximate surface area is 168 Å². The van der Waals surface area contributed by atoms with Gasteiger partial charge in [0, 0.05) is 22.6 Å². The van der Waals surface area contributed by atoms with Crippen LogP contribution in [-0.2, 0) is 10.2 Å². The molecule has 2 aliphatic rings. The molecule has 0 heterocycles. The zero-order chi connectivity index (χ0) is 21.4. The Hall–Kier alpha value is -2.29. The fourth-order valence-electron chi connectivity index (χ4n) is 3.95. The van der Waals surface area contributed by atoms with E-state index in [4.69, 9.17) is 0 Å². The number of phenols is 1. The molecule has 0 bridgehead atoms. The smallest absolute Gasteiger partial charge is 0.296 e. The Morgan fingerprint density at radius 1 is 0.893 bits per heavy atom. The van der Waals surface area contributed by atoms with Crippen molar-refractivity contribution in [3.05, 3.63) is 45.9 Å². The van der Waals surface area contributed by atoms with Crippen molar-refractivity contribution in [3.63, 3.8) is 0 Å². The minimum atomic E-state index is -0.384. The average molecular weight is 380 g/mol. The predicted octanol–water partition coefficient (Wildman–Crippen LogP) is 5.90. The van der Waals surface area contributed by atoms with Gasteiger partial charge in [0.25, 0.3) is 5.78 Å². The molecule has 148 valence electrons. The lowest BCUT2D eigenvalue weighted by molar-refractivity contribution is -0.111. The Kier molecular flexibility index (Phi) is 4.27.